The Bertz CT molecular complexity index is 543. The second-order valence-electron chi connectivity index (χ2n) is 7.40. The van der Waals surface area contributed by atoms with Gasteiger partial charge in [-0.3, -0.25) is 4.79 Å². The summed E-state index contributed by atoms with van der Waals surface area (Å²) >= 11 is 0. The lowest BCUT2D eigenvalue weighted by Crippen LogP contribution is -2.49. The lowest BCUT2D eigenvalue weighted by atomic mass is 10.0. The summed E-state index contributed by atoms with van der Waals surface area (Å²) in [6.45, 7) is 9.98. The molecule has 1 aromatic rings. The van der Waals surface area contributed by atoms with Gasteiger partial charge in [0.05, 0.1) is 12.2 Å². The first-order chi connectivity index (χ1) is 11.0. The Labute approximate surface area is 140 Å². The fourth-order valence-corrected chi connectivity index (χ4v) is 4.12. The second kappa shape index (κ2) is 6.64. The van der Waals surface area contributed by atoms with Gasteiger partial charge in [0.2, 0.25) is 5.91 Å². The zero-order valence-corrected chi connectivity index (χ0v) is 14.8. The maximum absolute atomic E-state index is 12.9. The van der Waals surface area contributed by atoms with Gasteiger partial charge in [0.15, 0.2) is 0 Å². The van der Waals surface area contributed by atoms with Crippen molar-refractivity contribution in [3.05, 3.63) is 35.4 Å². The number of carbonyl (C=O) groups excluding carboxylic acids is 1. The van der Waals surface area contributed by atoms with E-state index in [4.69, 9.17) is 4.74 Å². The Balaban J connectivity index is 1.66. The van der Waals surface area contributed by atoms with Crippen LogP contribution in [0.25, 0.3) is 0 Å². The minimum absolute atomic E-state index is 0.142. The van der Waals surface area contributed by atoms with E-state index in [2.05, 4.69) is 52.0 Å². The predicted octanol–water partition coefficient (Wildman–Crippen LogP) is 3.62. The number of aryl methyl sites for hydroxylation is 1. The summed E-state index contributed by atoms with van der Waals surface area (Å²) in [4.78, 5) is 14.9. The van der Waals surface area contributed by atoms with E-state index in [0.717, 1.165) is 19.5 Å². The van der Waals surface area contributed by atoms with E-state index in [9.17, 15) is 4.79 Å². The molecular weight excluding hydrogens is 286 g/mol. The quantitative estimate of drug-likeness (QED) is 0.849. The van der Waals surface area contributed by atoms with E-state index in [0.29, 0.717) is 17.7 Å². The maximum atomic E-state index is 12.9. The first-order valence-corrected chi connectivity index (χ1v) is 9.04. The fraction of sp³-hybridized carbons (Fsp3) is 0.650. The lowest BCUT2D eigenvalue weighted by Gasteiger charge is -2.35. The lowest BCUT2D eigenvalue weighted by molar-refractivity contribution is -0.144. The molecule has 2 aliphatic rings. The standard InChI is InChI=1S/C20H29NO2/c1-5-6-16-7-9-17(10-8-16)18-15(4)19(18)20(22)21-11-13(2)23-14(3)12-21/h7-10,13-15,18-19H,5-6,11-12H2,1-4H3. The second-order valence-corrected chi connectivity index (χ2v) is 7.40. The Morgan fingerprint density at radius 1 is 1.13 bits per heavy atom. The van der Waals surface area contributed by atoms with E-state index in [1.54, 1.807) is 0 Å². The molecule has 5 unspecified atom stereocenters. The number of amides is 1. The van der Waals surface area contributed by atoms with Gasteiger partial charge in [-0.1, -0.05) is 44.5 Å². The van der Waals surface area contributed by atoms with Gasteiger partial charge in [0.25, 0.3) is 0 Å². The molecule has 0 radical (unpaired) electrons. The molecule has 0 aromatic heterocycles. The van der Waals surface area contributed by atoms with Gasteiger partial charge in [-0.05, 0) is 43.2 Å². The van der Waals surface area contributed by atoms with E-state index < -0.39 is 0 Å². The van der Waals surface area contributed by atoms with Crippen LogP contribution < -0.4 is 0 Å². The molecule has 1 aliphatic heterocycles. The number of morpholine rings is 1. The van der Waals surface area contributed by atoms with E-state index in [1.165, 1.54) is 17.5 Å². The van der Waals surface area contributed by atoms with Crippen molar-refractivity contribution in [2.45, 2.75) is 58.7 Å². The molecule has 1 saturated heterocycles. The first-order valence-electron chi connectivity index (χ1n) is 9.04. The SMILES string of the molecule is CCCc1ccc(C2C(C)C2C(=O)N2CC(C)OC(C)C2)cc1. The number of nitrogens with zero attached hydrogens (tertiary/aromatic N) is 1. The van der Waals surface area contributed by atoms with Crippen molar-refractivity contribution in [3.63, 3.8) is 0 Å². The van der Waals surface area contributed by atoms with E-state index in [1.807, 2.05) is 4.90 Å². The molecule has 126 valence electrons. The molecule has 1 saturated carbocycles. The van der Waals surface area contributed by atoms with E-state index >= 15 is 0 Å². The number of carbonyl (C=O) groups is 1. The van der Waals surface area contributed by atoms with Crippen molar-refractivity contribution in [2.24, 2.45) is 11.8 Å². The van der Waals surface area contributed by atoms with E-state index in [-0.39, 0.29) is 18.1 Å². The van der Waals surface area contributed by atoms with Crippen LogP contribution in [0.2, 0.25) is 0 Å². The fourth-order valence-electron chi connectivity index (χ4n) is 4.12. The molecule has 2 fully saturated rings. The molecule has 0 N–H and O–H groups in total. The third-order valence-electron chi connectivity index (χ3n) is 5.30. The number of hydrogen-bond acceptors (Lipinski definition) is 2. The molecule has 23 heavy (non-hydrogen) atoms. The first kappa shape index (κ1) is 16.5. The van der Waals surface area contributed by atoms with Crippen LogP contribution in [0, 0.1) is 11.8 Å². The van der Waals surface area contributed by atoms with Crippen molar-refractivity contribution >= 4 is 5.91 Å². The van der Waals surface area contributed by atoms with Crippen molar-refractivity contribution < 1.29 is 9.53 Å². The summed E-state index contributed by atoms with van der Waals surface area (Å²) in [5.74, 6) is 1.33. The Morgan fingerprint density at radius 2 is 1.74 bits per heavy atom. The third kappa shape index (κ3) is 3.45. The maximum Gasteiger partial charge on any atom is 0.226 e. The Morgan fingerprint density at radius 3 is 2.30 bits per heavy atom. The third-order valence-corrected chi connectivity index (χ3v) is 5.30. The monoisotopic (exact) mass is 315 g/mol. The molecule has 0 bridgehead atoms. The number of ether oxygens (including phenoxy) is 1. The normalized spacial score (nSPS) is 33.6. The highest BCUT2D eigenvalue weighted by atomic mass is 16.5. The van der Waals surface area contributed by atoms with Gasteiger partial charge < -0.3 is 9.64 Å². The minimum Gasteiger partial charge on any atom is -0.372 e. The van der Waals surface area contributed by atoms with Crippen molar-refractivity contribution in [3.8, 4) is 0 Å². The smallest absolute Gasteiger partial charge is 0.226 e. The summed E-state index contributed by atoms with van der Waals surface area (Å²) in [7, 11) is 0. The molecule has 5 atom stereocenters. The van der Waals surface area contributed by atoms with Crippen molar-refractivity contribution in [1.29, 1.82) is 0 Å². The number of hydrogen-bond donors (Lipinski definition) is 0. The highest BCUT2D eigenvalue weighted by molar-refractivity contribution is 5.84. The van der Waals surface area contributed by atoms with Gasteiger partial charge in [-0.15, -0.1) is 0 Å². The summed E-state index contributed by atoms with van der Waals surface area (Å²) in [5.41, 5.74) is 2.72. The molecule has 1 aromatic carbocycles. The van der Waals surface area contributed by atoms with Crippen LogP contribution >= 0.6 is 0 Å². The van der Waals surface area contributed by atoms with Crippen LogP contribution in [0.5, 0.6) is 0 Å². The molecule has 0 spiro atoms. The van der Waals surface area contributed by atoms with Gasteiger partial charge in [0, 0.05) is 19.0 Å². The number of benzene rings is 1. The van der Waals surface area contributed by atoms with Crippen LogP contribution in [0.4, 0.5) is 0 Å². The van der Waals surface area contributed by atoms with Gasteiger partial charge in [-0.2, -0.15) is 0 Å². The topological polar surface area (TPSA) is 29.5 Å². The highest BCUT2D eigenvalue weighted by Crippen LogP contribution is 2.54. The zero-order chi connectivity index (χ0) is 16.6. The summed E-state index contributed by atoms with van der Waals surface area (Å²) in [6.07, 6.45) is 2.59. The van der Waals surface area contributed by atoms with Crippen LogP contribution in [0.1, 0.15) is 51.2 Å². The van der Waals surface area contributed by atoms with Crippen LogP contribution in [0.15, 0.2) is 24.3 Å². The Hall–Kier alpha value is -1.35. The summed E-state index contributed by atoms with van der Waals surface area (Å²) in [6, 6.07) is 8.91. The Kier molecular flexibility index (Phi) is 4.77. The van der Waals surface area contributed by atoms with Crippen LogP contribution in [-0.4, -0.2) is 36.1 Å². The molecule has 3 rings (SSSR count). The zero-order valence-electron chi connectivity index (χ0n) is 14.8. The largest absolute Gasteiger partial charge is 0.372 e. The van der Waals surface area contributed by atoms with Crippen molar-refractivity contribution in [1.82, 2.24) is 4.90 Å². The molecule has 1 heterocycles. The van der Waals surface area contributed by atoms with Gasteiger partial charge in [-0.25, -0.2) is 0 Å². The molecule has 1 aliphatic carbocycles. The van der Waals surface area contributed by atoms with Crippen LogP contribution in [-0.2, 0) is 16.0 Å². The minimum atomic E-state index is 0.142. The molecule has 3 heteroatoms. The van der Waals surface area contributed by atoms with Gasteiger partial charge in [0.1, 0.15) is 0 Å². The predicted molar refractivity (Wildman–Crippen MR) is 92.4 cm³/mol. The molecule has 1 amide bonds. The average Bonchev–Trinajstić information content (AvgIpc) is 3.18. The van der Waals surface area contributed by atoms with Crippen LogP contribution in [0.3, 0.4) is 0 Å². The summed E-state index contributed by atoms with van der Waals surface area (Å²) in [5, 5.41) is 0. The summed E-state index contributed by atoms with van der Waals surface area (Å²) < 4.78 is 5.75. The van der Waals surface area contributed by atoms with Gasteiger partial charge >= 0.3 is 0 Å². The number of rotatable bonds is 4. The average molecular weight is 315 g/mol. The molecular formula is C20H29NO2. The highest BCUT2D eigenvalue weighted by Gasteiger charge is 2.53. The van der Waals surface area contributed by atoms with Crippen molar-refractivity contribution in [2.75, 3.05) is 13.1 Å². The molecule has 3 nitrogen and oxygen atoms in total.